The highest BCUT2D eigenvalue weighted by atomic mass is 16.4. The van der Waals surface area contributed by atoms with Crippen LogP contribution >= 0.6 is 0 Å². The Labute approximate surface area is 120 Å². The fourth-order valence-corrected chi connectivity index (χ4v) is 3.12. The number of hydrogen-bond donors (Lipinski definition) is 1. The third-order valence-electron chi connectivity index (χ3n) is 3.97. The zero-order chi connectivity index (χ0) is 15.0. The number of hydrogen-bond acceptors (Lipinski definition) is 1. The second-order valence-electron chi connectivity index (χ2n) is 5.77. The molecule has 1 aromatic heterocycles. The van der Waals surface area contributed by atoms with Crippen LogP contribution in [0.4, 0.5) is 0 Å². The summed E-state index contributed by atoms with van der Waals surface area (Å²) < 4.78 is 2.26. The molecule has 0 saturated heterocycles. The number of aryl methyl sites for hydroxylation is 2. The van der Waals surface area contributed by atoms with Gasteiger partial charge in [-0.2, -0.15) is 0 Å². The van der Waals surface area contributed by atoms with Crippen LogP contribution in [0.2, 0.25) is 0 Å². The second-order valence-corrected chi connectivity index (χ2v) is 5.77. The van der Waals surface area contributed by atoms with Crippen molar-refractivity contribution in [3.63, 3.8) is 0 Å². The lowest BCUT2D eigenvalue weighted by molar-refractivity contribution is 0.0696. The standard InChI is InChI=1S/C17H23NO2/c1-6-7-13-12(5)18(10(2)3)16-9-14(17(19)20)11(4)8-15(13)16/h8-10H,6-7H2,1-5H3,(H,19,20). The first-order valence-corrected chi connectivity index (χ1v) is 7.25. The summed E-state index contributed by atoms with van der Waals surface area (Å²) >= 11 is 0. The molecule has 108 valence electrons. The van der Waals surface area contributed by atoms with E-state index in [1.54, 1.807) is 0 Å². The maximum atomic E-state index is 11.4. The first-order valence-electron chi connectivity index (χ1n) is 7.25. The van der Waals surface area contributed by atoms with E-state index in [1.807, 2.05) is 19.1 Å². The van der Waals surface area contributed by atoms with Crippen molar-refractivity contribution in [3.05, 3.63) is 34.5 Å². The summed E-state index contributed by atoms with van der Waals surface area (Å²) in [7, 11) is 0. The molecule has 1 heterocycles. The number of rotatable bonds is 4. The van der Waals surface area contributed by atoms with Crippen LogP contribution in [0.15, 0.2) is 12.1 Å². The molecule has 3 nitrogen and oxygen atoms in total. The van der Waals surface area contributed by atoms with E-state index < -0.39 is 5.97 Å². The third-order valence-corrected chi connectivity index (χ3v) is 3.97. The van der Waals surface area contributed by atoms with Gasteiger partial charge >= 0.3 is 5.97 Å². The van der Waals surface area contributed by atoms with E-state index in [4.69, 9.17) is 0 Å². The quantitative estimate of drug-likeness (QED) is 0.891. The van der Waals surface area contributed by atoms with Crippen LogP contribution in [-0.4, -0.2) is 15.6 Å². The maximum absolute atomic E-state index is 11.4. The Balaban J connectivity index is 2.86. The van der Waals surface area contributed by atoms with Gasteiger partial charge in [-0.05, 0) is 57.4 Å². The highest BCUT2D eigenvalue weighted by molar-refractivity contribution is 5.97. The summed E-state index contributed by atoms with van der Waals surface area (Å²) in [4.78, 5) is 11.4. The first kappa shape index (κ1) is 14.6. The lowest BCUT2D eigenvalue weighted by Crippen LogP contribution is -2.05. The Morgan fingerprint density at radius 3 is 2.45 bits per heavy atom. The maximum Gasteiger partial charge on any atom is 0.336 e. The SMILES string of the molecule is CCCc1c(C)n(C(C)C)c2cc(C(=O)O)c(C)cc12. The number of carboxylic acid groups (broad SMARTS) is 1. The zero-order valence-electron chi connectivity index (χ0n) is 12.9. The molecule has 3 heteroatoms. The lowest BCUT2D eigenvalue weighted by Gasteiger charge is -2.13. The Kier molecular flexibility index (Phi) is 3.89. The molecule has 0 unspecified atom stereocenters. The second kappa shape index (κ2) is 5.31. The molecule has 0 spiro atoms. The van der Waals surface area contributed by atoms with Crippen LogP contribution < -0.4 is 0 Å². The molecule has 0 aliphatic carbocycles. The summed E-state index contributed by atoms with van der Waals surface area (Å²) in [5.74, 6) is -0.851. The smallest absolute Gasteiger partial charge is 0.336 e. The van der Waals surface area contributed by atoms with Gasteiger partial charge in [0.2, 0.25) is 0 Å². The van der Waals surface area contributed by atoms with Crippen LogP contribution in [0.25, 0.3) is 10.9 Å². The molecule has 1 aromatic carbocycles. The minimum absolute atomic E-state index is 0.326. The van der Waals surface area contributed by atoms with Gasteiger partial charge in [0.1, 0.15) is 0 Å². The van der Waals surface area contributed by atoms with Gasteiger partial charge in [-0.15, -0.1) is 0 Å². The molecule has 1 N–H and O–H groups in total. The van der Waals surface area contributed by atoms with Crippen molar-refractivity contribution in [1.29, 1.82) is 0 Å². The van der Waals surface area contributed by atoms with Gasteiger partial charge in [-0.25, -0.2) is 4.79 Å². The largest absolute Gasteiger partial charge is 0.478 e. The summed E-state index contributed by atoms with van der Waals surface area (Å²) in [5, 5.41) is 10.5. The van der Waals surface area contributed by atoms with Gasteiger partial charge in [-0.3, -0.25) is 0 Å². The third kappa shape index (κ3) is 2.21. The molecule has 20 heavy (non-hydrogen) atoms. The first-order chi connectivity index (χ1) is 9.38. The molecule has 0 atom stereocenters. The number of fused-ring (bicyclic) bond motifs is 1. The van der Waals surface area contributed by atoms with E-state index in [-0.39, 0.29) is 0 Å². The molecular formula is C17H23NO2. The van der Waals surface area contributed by atoms with Crippen LogP contribution in [0.1, 0.15) is 60.4 Å². The van der Waals surface area contributed by atoms with Crippen molar-refractivity contribution in [3.8, 4) is 0 Å². The molecule has 0 aliphatic heterocycles. The fraction of sp³-hybridized carbons (Fsp3) is 0.471. The summed E-state index contributed by atoms with van der Waals surface area (Å²) in [6, 6.07) is 4.20. The highest BCUT2D eigenvalue weighted by Crippen LogP contribution is 2.32. The monoisotopic (exact) mass is 273 g/mol. The Hall–Kier alpha value is -1.77. The van der Waals surface area contributed by atoms with Gasteiger partial charge in [-0.1, -0.05) is 13.3 Å². The molecule has 0 aliphatic rings. The van der Waals surface area contributed by atoms with Crippen molar-refractivity contribution in [2.75, 3.05) is 0 Å². The topological polar surface area (TPSA) is 42.2 Å². The van der Waals surface area contributed by atoms with Crippen LogP contribution in [0.3, 0.4) is 0 Å². The lowest BCUT2D eigenvalue weighted by atomic mass is 10.0. The minimum atomic E-state index is -0.851. The number of aromatic carboxylic acids is 1. The van der Waals surface area contributed by atoms with Gasteiger partial charge < -0.3 is 9.67 Å². The van der Waals surface area contributed by atoms with Crippen LogP contribution in [0, 0.1) is 13.8 Å². The average molecular weight is 273 g/mol. The van der Waals surface area contributed by atoms with E-state index in [0.29, 0.717) is 11.6 Å². The molecule has 0 fully saturated rings. The van der Waals surface area contributed by atoms with Crippen molar-refractivity contribution in [1.82, 2.24) is 4.57 Å². The van der Waals surface area contributed by atoms with Crippen LogP contribution in [0.5, 0.6) is 0 Å². The predicted octanol–water partition coefficient (Wildman–Crippen LogP) is 4.49. The Bertz CT molecular complexity index is 665. The van der Waals surface area contributed by atoms with E-state index in [2.05, 4.69) is 32.3 Å². The Morgan fingerprint density at radius 2 is 1.95 bits per heavy atom. The number of carbonyl (C=O) groups is 1. The van der Waals surface area contributed by atoms with Crippen molar-refractivity contribution < 1.29 is 9.90 Å². The predicted molar refractivity (Wildman–Crippen MR) is 82.8 cm³/mol. The summed E-state index contributed by atoms with van der Waals surface area (Å²) in [5.41, 5.74) is 4.90. The van der Waals surface area contributed by atoms with E-state index in [0.717, 1.165) is 23.9 Å². The fourth-order valence-electron chi connectivity index (χ4n) is 3.12. The van der Waals surface area contributed by atoms with Crippen molar-refractivity contribution >= 4 is 16.9 Å². The Morgan fingerprint density at radius 1 is 1.30 bits per heavy atom. The molecule has 2 rings (SSSR count). The average Bonchev–Trinajstić information content (AvgIpc) is 2.61. The zero-order valence-corrected chi connectivity index (χ0v) is 12.9. The number of benzene rings is 1. The molecule has 0 bridgehead atoms. The van der Waals surface area contributed by atoms with Crippen molar-refractivity contribution in [2.24, 2.45) is 0 Å². The minimum Gasteiger partial charge on any atom is -0.478 e. The van der Waals surface area contributed by atoms with E-state index in [1.165, 1.54) is 16.6 Å². The highest BCUT2D eigenvalue weighted by Gasteiger charge is 2.18. The molecule has 0 amide bonds. The van der Waals surface area contributed by atoms with Crippen LogP contribution in [-0.2, 0) is 6.42 Å². The summed E-state index contributed by atoms with van der Waals surface area (Å²) in [6.45, 7) is 10.5. The van der Waals surface area contributed by atoms with E-state index >= 15 is 0 Å². The van der Waals surface area contributed by atoms with Gasteiger partial charge in [0.05, 0.1) is 5.56 Å². The van der Waals surface area contributed by atoms with Crippen molar-refractivity contribution in [2.45, 2.75) is 53.5 Å². The molecular weight excluding hydrogens is 250 g/mol. The number of nitrogens with zero attached hydrogens (tertiary/aromatic N) is 1. The molecule has 2 aromatic rings. The normalized spacial score (nSPS) is 11.5. The van der Waals surface area contributed by atoms with E-state index in [9.17, 15) is 9.90 Å². The molecule has 0 radical (unpaired) electrons. The summed E-state index contributed by atoms with van der Waals surface area (Å²) in [6.07, 6.45) is 2.13. The number of aromatic nitrogens is 1. The van der Waals surface area contributed by atoms with Gasteiger partial charge in [0.15, 0.2) is 0 Å². The van der Waals surface area contributed by atoms with Gasteiger partial charge in [0.25, 0.3) is 0 Å². The van der Waals surface area contributed by atoms with Gasteiger partial charge in [0, 0.05) is 22.6 Å². The molecule has 0 saturated carbocycles. The number of carboxylic acids is 1.